The number of hydrogen-bond acceptors (Lipinski definition) is 11. The van der Waals surface area contributed by atoms with Gasteiger partial charge in [-0.3, -0.25) is 14.7 Å². The summed E-state index contributed by atoms with van der Waals surface area (Å²) in [5, 5.41) is 27.3. The molecule has 20 heteroatoms. The van der Waals surface area contributed by atoms with Crippen LogP contribution in [-0.4, -0.2) is 274 Å². The molecular formula is C121H268B4IN5O6Sn4. The predicted octanol–water partition coefficient (Wildman–Crippen LogP) is 38.9. The quantitative estimate of drug-likeness (QED) is 0.102. The summed E-state index contributed by atoms with van der Waals surface area (Å²) in [6.07, 6.45) is 19.1. The number of halogens is 1. The normalized spacial score (nSPS) is 20.4. The van der Waals surface area contributed by atoms with Gasteiger partial charge in [-0.15, -0.1) is 0 Å². The van der Waals surface area contributed by atoms with Crippen molar-refractivity contribution in [3.05, 3.63) is 155 Å². The van der Waals surface area contributed by atoms with Crippen molar-refractivity contribution in [3.8, 4) is 23.0 Å². The molecule has 5 atom stereocenters. The van der Waals surface area contributed by atoms with Crippen molar-refractivity contribution in [1.82, 2.24) is 24.5 Å². The molecule has 11 nitrogen and oxygen atoms in total. The van der Waals surface area contributed by atoms with Gasteiger partial charge in [0.2, 0.25) is 0 Å². The van der Waals surface area contributed by atoms with Crippen LogP contribution in [-0.2, 0) is 0 Å². The molecule has 0 spiro atoms. The van der Waals surface area contributed by atoms with Crippen LogP contribution in [0, 0.1) is 33.2 Å². The van der Waals surface area contributed by atoms with Crippen LogP contribution >= 0.6 is 22.6 Å². The van der Waals surface area contributed by atoms with E-state index in [-0.39, 0.29) is 131 Å². The second-order valence-electron chi connectivity index (χ2n) is 36.7. The Morgan fingerprint density at radius 2 is 0.390 bits per heavy atom. The van der Waals surface area contributed by atoms with Gasteiger partial charge in [0.25, 0.3) is 0 Å². The minimum Gasteiger partial charge on any atom is -0.489 e. The summed E-state index contributed by atoms with van der Waals surface area (Å²) in [5.74, 6) is 7.02. The second-order valence-corrected chi connectivity index (χ2v) is 72.2. The Hall–Kier alpha value is -0.795. The molecule has 0 aliphatic carbocycles. The van der Waals surface area contributed by atoms with Crippen LogP contribution in [0.5, 0.6) is 23.0 Å². The Labute approximate surface area is 942 Å². The summed E-state index contributed by atoms with van der Waals surface area (Å²) in [7, 11) is 0. The minimum atomic E-state index is -0.543. The summed E-state index contributed by atoms with van der Waals surface area (Å²) >= 11 is 0.106. The van der Waals surface area contributed by atoms with Crippen LogP contribution in [0.2, 0.25) is 114 Å². The summed E-state index contributed by atoms with van der Waals surface area (Å²) < 4.78 is 19.4. The zero-order chi connectivity index (χ0) is 96.5. The van der Waals surface area contributed by atoms with Crippen molar-refractivity contribution in [2.75, 3.05) is 98.2 Å². The molecule has 15 fully saturated rings. The van der Waals surface area contributed by atoms with E-state index in [0.29, 0.717) is 35.9 Å². The van der Waals surface area contributed by atoms with Crippen molar-refractivity contribution in [2.24, 2.45) is 29.6 Å². The molecule has 0 saturated carbocycles. The van der Waals surface area contributed by atoms with Crippen LogP contribution in [0.15, 0.2) is 152 Å². The molecule has 848 valence electrons. The molecule has 10 bridgehead atoms. The molecule has 5 aromatic rings. The van der Waals surface area contributed by atoms with Gasteiger partial charge in [0.15, 0.2) is 0 Å². The van der Waals surface area contributed by atoms with Gasteiger partial charge >= 0.3 is 138 Å². The Balaban J connectivity index is -0.0000000541. The van der Waals surface area contributed by atoms with Gasteiger partial charge in [-0.1, -0.05) is 401 Å². The molecule has 141 heavy (non-hydrogen) atoms. The van der Waals surface area contributed by atoms with Gasteiger partial charge in [-0.2, -0.15) is 0 Å². The number of phenolic OH excluding ortho intramolecular Hbond substituents is 1. The number of benzene rings is 5. The fourth-order valence-electron chi connectivity index (χ4n) is 12.9. The molecule has 15 aliphatic heterocycles. The van der Waals surface area contributed by atoms with Crippen LogP contribution < -0.4 is 14.2 Å². The fourth-order valence-corrected chi connectivity index (χ4v) is 13.3. The van der Waals surface area contributed by atoms with Crippen molar-refractivity contribution in [2.45, 2.75) is 464 Å². The molecule has 4 radical (unpaired) electrons. The zero-order valence-electron chi connectivity index (χ0n) is 88.7. The maximum absolute atomic E-state index is 9.36. The topological polar surface area (TPSA) is 105 Å². The number of rotatable bonds is 8. The molecule has 0 unspecified atom stereocenters. The summed E-state index contributed by atoms with van der Waals surface area (Å²) in [4.78, 5) is 40.6. The molecule has 15 saturated heterocycles. The Kier molecular flexibility index (Phi) is 187. The molecule has 15 heterocycles. The predicted molar refractivity (Wildman–Crippen MR) is 698 cm³/mol. The van der Waals surface area contributed by atoms with Gasteiger partial charge in [0.05, 0.1) is 12.2 Å². The number of nitrogens with zero attached hydrogens (tertiary/aromatic N) is 5. The van der Waals surface area contributed by atoms with Crippen LogP contribution in [0.4, 0.5) is 0 Å². The van der Waals surface area contributed by atoms with E-state index in [0.717, 1.165) is 94.1 Å². The van der Waals surface area contributed by atoms with E-state index in [1.54, 1.807) is 24.3 Å². The third-order valence-corrected chi connectivity index (χ3v) is 21.0. The number of aliphatic hydroxyl groups excluding tert-OH is 2. The SMILES string of the molecule is C.C.C.C.C.C.C.C.C.C.C.C.C.C.C.C.CB(C)B(C)C.CB(C)B(C)C.CC.CC.CC.CC.CCC.CCC.CCC.CCC.Ic1ccccc1.O[C@@H]1CN2CCC1CC2.O[C@H]1CN2CCC1CC2.Oc1ccccc1.[CH3][Sn]([CH3])[CH3].[CH3][Sn]([CH3])[CH3].[CH3][Sn]([CH3])[CH3].[CH3][Sn]([CH3])[CH3].c1ccc(O[C@H]2CN3CCC2CC3)cc1.c1ccc(O[C@H]2CN3CCC2CC3)cc1.c1ccc(O[C@H]2CN3CCC2CC3)cc1. The smallest absolute Gasteiger partial charge is 0.119 e. The van der Waals surface area contributed by atoms with Crippen LogP contribution in [0.1, 0.15) is 319 Å². The monoisotopic (exact) mass is 2540 g/mol. The van der Waals surface area contributed by atoms with Crippen LogP contribution in [0.25, 0.3) is 0 Å². The van der Waals surface area contributed by atoms with E-state index in [1.165, 1.54) is 159 Å². The second kappa shape index (κ2) is 135. The average molecular weight is 2530 g/mol. The molecule has 3 N–H and O–H groups in total. The van der Waals surface area contributed by atoms with Crippen molar-refractivity contribution in [1.29, 1.82) is 0 Å². The van der Waals surface area contributed by atoms with E-state index >= 15 is 0 Å². The zero-order valence-corrected chi connectivity index (χ0v) is 102. The largest absolute Gasteiger partial charge is 0.489 e. The number of hydrogen-bond donors (Lipinski definition) is 3. The molecular weight excluding hydrogens is 2260 g/mol. The maximum Gasteiger partial charge on any atom is 0.119 e. The number of para-hydroxylation sites is 4. The number of aliphatic hydroxyl groups is 2. The van der Waals surface area contributed by atoms with Gasteiger partial charge < -0.3 is 39.3 Å². The number of fused-ring (bicyclic) bond motifs is 15. The first-order valence-corrected chi connectivity index (χ1v) is 85.6. The van der Waals surface area contributed by atoms with Gasteiger partial charge in [-0.05, 0) is 242 Å². The number of phenols is 1. The first-order chi connectivity index (χ1) is 59.6. The summed E-state index contributed by atoms with van der Waals surface area (Å²) in [5.41, 5.74) is 0. The standard InChI is InChI=1S/3C13H17NO.2C7H13NO.C6H5I.C6H6O.2C4H12B2.4C3H8.4C2H6.16CH4.12CH3.4Sn/c3*1-2-4-12(5-3-1)15-13-10-14-8-6-11(13)7-9-14;2*9-7-5-8-3-1-6(7)2-4-8;2*7-6-4-2-1-3-5-6;2*1-5(2)6(3)4;4*1-3-2;4*1-2;;;;;;;;;;;;;;;;;;;;;;;;;;;;;;;;/h3*1-5,11,13H,6-10H2;2*6-7,9H,1-5H2;1-5H;1-5,7H;2*1-4H3;4*3H2,1-2H3;4*1-2H3;16*1H4;12*1H3;;;;/t3*13-;2*7-;;;;;;;;;;;;;;;;;;;;;;;;;;;;;;;;;;;;;;;;;;;;/m00010............................................/s1. The van der Waals surface area contributed by atoms with E-state index < -0.39 is 79.0 Å². The van der Waals surface area contributed by atoms with Gasteiger partial charge in [0, 0.05) is 36.3 Å². The van der Waals surface area contributed by atoms with Gasteiger partial charge in [-0.25, -0.2) is 0 Å². The van der Waals surface area contributed by atoms with E-state index in [1.807, 2.05) is 134 Å². The van der Waals surface area contributed by atoms with Crippen molar-refractivity contribution in [3.63, 3.8) is 0 Å². The Morgan fingerprint density at radius 1 is 0.255 bits per heavy atom. The van der Waals surface area contributed by atoms with E-state index in [9.17, 15) is 10.2 Å². The molecule has 15 aliphatic rings. The Bertz CT molecular complexity index is 2600. The van der Waals surface area contributed by atoms with Crippen LogP contribution in [0.3, 0.4) is 0 Å². The Morgan fingerprint density at radius 3 is 0.475 bits per heavy atom. The number of piperidine rings is 15. The third-order valence-electron chi connectivity index (χ3n) is 20.3. The van der Waals surface area contributed by atoms with E-state index in [4.69, 9.17) is 19.3 Å². The van der Waals surface area contributed by atoms with Crippen molar-refractivity contribution < 1.29 is 29.5 Å². The molecule has 0 amide bonds. The van der Waals surface area contributed by atoms with E-state index in [2.05, 4.69) is 265 Å². The fraction of sp³-hybridized carbons (Fsp3) is 0.752. The van der Waals surface area contributed by atoms with Gasteiger partial charge in [0.1, 0.15) is 67.7 Å². The first kappa shape index (κ1) is 194. The third kappa shape index (κ3) is 118. The minimum absolute atomic E-state index is 0. The average Bonchev–Trinajstić information content (AvgIpc) is 0.818. The number of aromatic hydroxyl groups is 1. The molecule has 20 rings (SSSR count). The summed E-state index contributed by atoms with van der Waals surface area (Å²) in [6.45, 7) is 72.1. The number of ether oxygens (including phenoxy) is 3. The first-order valence-electron chi connectivity index (χ1n) is 50.3. The molecule has 0 aromatic heterocycles. The molecule has 5 aromatic carbocycles. The summed E-state index contributed by atoms with van der Waals surface area (Å²) in [6, 6.07) is 49.6. The van der Waals surface area contributed by atoms with Crippen molar-refractivity contribution >= 4 is 128 Å². The maximum atomic E-state index is 9.36.